The van der Waals surface area contributed by atoms with Gasteiger partial charge in [-0.15, -0.1) is 0 Å². The van der Waals surface area contributed by atoms with Gasteiger partial charge >= 0.3 is 5.97 Å². The number of carbonyl (C=O) groups excluding carboxylic acids is 1. The third-order valence-corrected chi connectivity index (χ3v) is 6.34. The molecule has 20 heavy (non-hydrogen) atoms. The second kappa shape index (κ2) is 4.46. The fraction of sp³-hybridized carbons (Fsp3) is 0.941. The Hall–Kier alpha value is -0.570. The van der Waals surface area contributed by atoms with Crippen LogP contribution in [-0.4, -0.2) is 22.3 Å². The van der Waals surface area contributed by atoms with E-state index >= 15 is 0 Å². The van der Waals surface area contributed by atoms with Crippen LogP contribution in [0.3, 0.4) is 0 Å². The summed E-state index contributed by atoms with van der Waals surface area (Å²) in [4.78, 5) is 12.6. The molecule has 0 heterocycles. The molecule has 0 spiro atoms. The molecule has 0 aromatic carbocycles. The first kappa shape index (κ1) is 14.4. The first-order chi connectivity index (χ1) is 9.32. The average Bonchev–Trinajstić information content (AvgIpc) is 2.34. The Labute approximate surface area is 122 Å². The molecule has 3 heteroatoms. The van der Waals surface area contributed by atoms with Crippen LogP contribution in [0.4, 0.5) is 0 Å². The molecule has 2 atom stereocenters. The number of hydrogen-bond donors (Lipinski definition) is 1. The standard InChI is InChI=1S/C17H28O3/c1-4-15(3,5-2)14(18)20-17-9-12-6-13(10-17)8-16(19,7-12)11-17/h12-13,19H,4-11H2,1-3H3. The average molecular weight is 280 g/mol. The van der Waals surface area contributed by atoms with E-state index in [-0.39, 0.29) is 17.0 Å². The van der Waals surface area contributed by atoms with E-state index < -0.39 is 5.60 Å². The van der Waals surface area contributed by atoms with Crippen LogP contribution >= 0.6 is 0 Å². The molecule has 0 aromatic rings. The minimum absolute atomic E-state index is 0.0481. The highest BCUT2D eigenvalue weighted by atomic mass is 16.6. The third kappa shape index (κ3) is 2.18. The molecule has 3 nitrogen and oxygen atoms in total. The van der Waals surface area contributed by atoms with Gasteiger partial charge in [-0.05, 0) is 63.7 Å². The Kier molecular flexibility index (Phi) is 3.20. The van der Waals surface area contributed by atoms with Gasteiger partial charge in [0.2, 0.25) is 0 Å². The molecule has 114 valence electrons. The Morgan fingerprint density at radius 2 is 1.75 bits per heavy atom. The summed E-state index contributed by atoms with van der Waals surface area (Å²) >= 11 is 0. The van der Waals surface area contributed by atoms with E-state index in [1.807, 2.05) is 6.92 Å². The maximum Gasteiger partial charge on any atom is 0.312 e. The molecule has 2 unspecified atom stereocenters. The monoisotopic (exact) mass is 280 g/mol. The quantitative estimate of drug-likeness (QED) is 0.802. The molecule has 0 saturated heterocycles. The summed E-state index contributed by atoms with van der Waals surface area (Å²) in [7, 11) is 0. The van der Waals surface area contributed by atoms with Gasteiger partial charge in [-0.3, -0.25) is 4.79 Å². The summed E-state index contributed by atoms with van der Waals surface area (Å²) < 4.78 is 6.06. The van der Waals surface area contributed by atoms with Crippen molar-refractivity contribution in [2.75, 3.05) is 0 Å². The van der Waals surface area contributed by atoms with Crippen LogP contribution in [0.2, 0.25) is 0 Å². The first-order valence-electron chi connectivity index (χ1n) is 8.28. The maximum absolute atomic E-state index is 12.6. The predicted molar refractivity (Wildman–Crippen MR) is 77.1 cm³/mol. The number of carbonyl (C=O) groups is 1. The Morgan fingerprint density at radius 1 is 1.20 bits per heavy atom. The fourth-order valence-corrected chi connectivity index (χ4v) is 5.11. The molecular weight excluding hydrogens is 252 g/mol. The van der Waals surface area contributed by atoms with E-state index in [1.165, 1.54) is 6.42 Å². The second-order valence-electron chi connectivity index (χ2n) is 8.03. The summed E-state index contributed by atoms with van der Waals surface area (Å²) in [5, 5.41) is 10.7. The topological polar surface area (TPSA) is 46.5 Å². The lowest BCUT2D eigenvalue weighted by Crippen LogP contribution is -2.61. The number of rotatable bonds is 4. The van der Waals surface area contributed by atoms with E-state index in [0.717, 1.165) is 38.5 Å². The molecule has 4 aliphatic carbocycles. The van der Waals surface area contributed by atoms with Gasteiger partial charge in [-0.2, -0.15) is 0 Å². The molecule has 4 aliphatic rings. The van der Waals surface area contributed by atoms with Crippen molar-refractivity contribution >= 4 is 5.97 Å². The van der Waals surface area contributed by atoms with Gasteiger partial charge in [0.15, 0.2) is 0 Å². The van der Waals surface area contributed by atoms with E-state index in [4.69, 9.17) is 4.74 Å². The van der Waals surface area contributed by atoms with Crippen LogP contribution in [0.1, 0.15) is 72.1 Å². The normalized spacial score (nSPS) is 42.8. The second-order valence-corrected chi connectivity index (χ2v) is 8.03. The number of aliphatic hydroxyl groups is 1. The summed E-state index contributed by atoms with van der Waals surface area (Å²) in [6.07, 6.45) is 7.30. The van der Waals surface area contributed by atoms with Gasteiger partial charge in [0.25, 0.3) is 0 Å². The van der Waals surface area contributed by atoms with Gasteiger partial charge in [0.1, 0.15) is 5.60 Å². The van der Waals surface area contributed by atoms with Crippen molar-refractivity contribution in [3.05, 3.63) is 0 Å². The lowest BCUT2D eigenvalue weighted by molar-refractivity contribution is -0.226. The van der Waals surface area contributed by atoms with E-state index in [0.29, 0.717) is 18.3 Å². The van der Waals surface area contributed by atoms with Crippen LogP contribution in [-0.2, 0) is 9.53 Å². The van der Waals surface area contributed by atoms with Crippen molar-refractivity contribution in [3.63, 3.8) is 0 Å². The van der Waals surface area contributed by atoms with E-state index in [9.17, 15) is 9.90 Å². The van der Waals surface area contributed by atoms with Crippen molar-refractivity contribution in [3.8, 4) is 0 Å². The predicted octanol–water partition coefficient (Wildman–Crippen LogP) is 3.44. The molecule has 0 aliphatic heterocycles. The Morgan fingerprint density at radius 3 is 2.20 bits per heavy atom. The lowest BCUT2D eigenvalue weighted by atomic mass is 9.52. The van der Waals surface area contributed by atoms with Crippen LogP contribution in [0.15, 0.2) is 0 Å². The summed E-state index contributed by atoms with van der Waals surface area (Å²) in [5.74, 6) is 1.07. The van der Waals surface area contributed by atoms with Gasteiger partial charge in [-0.1, -0.05) is 13.8 Å². The van der Waals surface area contributed by atoms with Crippen molar-refractivity contribution < 1.29 is 14.6 Å². The summed E-state index contributed by atoms with van der Waals surface area (Å²) in [6, 6.07) is 0. The van der Waals surface area contributed by atoms with Gasteiger partial charge in [0.05, 0.1) is 11.0 Å². The fourth-order valence-electron chi connectivity index (χ4n) is 5.11. The van der Waals surface area contributed by atoms with Crippen LogP contribution in [0.25, 0.3) is 0 Å². The smallest absolute Gasteiger partial charge is 0.312 e. The largest absolute Gasteiger partial charge is 0.459 e. The van der Waals surface area contributed by atoms with E-state index in [2.05, 4.69) is 13.8 Å². The van der Waals surface area contributed by atoms with Gasteiger partial charge < -0.3 is 9.84 Å². The zero-order valence-corrected chi connectivity index (χ0v) is 13.1. The molecule has 4 bridgehead atoms. The summed E-state index contributed by atoms with van der Waals surface area (Å²) in [5.41, 5.74) is -1.29. The zero-order valence-electron chi connectivity index (χ0n) is 13.1. The third-order valence-electron chi connectivity index (χ3n) is 6.34. The van der Waals surface area contributed by atoms with Crippen molar-refractivity contribution in [1.29, 1.82) is 0 Å². The molecule has 4 fully saturated rings. The SMILES string of the molecule is CCC(C)(CC)C(=O)OC12CC3CC(CC(O)(C3)C1)C2. The van der Waals surface area contributed by atoms with Crippen molar-refractivity contribution in [1.82, 2.24) is 0 Å². The van der Waals surface area contributed by atoms with Crippen molar-refractivity contribution in [2.45, 2.75) is 83.3 Å². The molecule has 1 N–H and O–H groups in total. The molecule has 0 radical (unpaired) electrons. The maximum atomic E-state index is 12.6. The summed E-state index contributed by atoms with van der Waals surface area (Å²) in [6.45, 7) is 6.11. The number of esters is 1. The minimum atomic E-state index is -0.556. The molecule has 0 aromatic heterocycles. The van der Waals surface area contributed by atoms with Gasteiger partial charge in [0, 0.05) is 6.42 Å². The van der Waals surface area contributed by atoms with Crippen LogP contribution in [0.5, 0.6) is 0 Å². The number of ether oxygens (including phenoxy) is 1. The molecule has 4 saturated carbocycles. The lowest BCUT2D eigenvalue weighted by Gasteiger charge is -2.59. The highest BCUT2D eigenvalue weighted by Gasteiger charge is 2.59. The first-order valence-corrected chi connectivity index (χ1v) is 8.28. The van der Waals surface area contributed by atoms with Crippen molar-refractivity contribution in [2.24, 2.45) is 17.3 Å². The zero-order chi connectivity index (χ0) is 14.6. The molecule has 4 rings (SSSR count). The highest BCUT2D eigenvalue weighted by molar-refractivity contribution is 5.76. The minimum Gasteiger partial charge on any atom is -0.459 e. The van der Waals surface area contributed by atoms with E-state index in [1.54, 1.807) is 0 Å². The Bertz CT molecular complexity index is 396. The highest BCUT2D eigenvalue weighted by Crippen LogP contribution is 2.59. The van der Waals surface area contributed by atoms with Crippen LogP contribution < -0.4 is 0 Å². The van der Waals surface area contributed by atoms with Gasteiger partial charge in [-0.25, -0.2) is 0 Å². The molecule has 0 amide bonds. The Balaban J connectivity index is 1.79. The van der Waals surface area contributed by atoms with Crippen LogP contribution in [0, 0.1) is 17.3 Å². The number of hydrogen-bond acceptors (Lipinski definition) is 3. The molecular formula is C17H28O3.